The average molecular weight is 236 g/mol. The summed E-state index contributed by atoms with van der Waals surface area (Å²) in [5, 5.41) is 0. The molecule has 0 aromatic carbocycles. The number of hydrogen-bond acceptors (Lipinski definition) is 3. The van der Waals surface area contributed by atoms with Gasteiger partial charge >= 0.3 is 0 Å². The minimum Gasteiger partial charge on any atom is -0.383 e. The molecular weight excluding hydrogens is 221 g/mol. The van der Waals surface area contributed by atoms with Gasteiger partial charge in [-0.15, -0.1) is 24.8 Å². The average Bonchev–Trinajstić information content (AvgIpc) is 2.33. The lowest BCUT2D eigenvalue weighted by molar-refractivity contribution is 0.713. The first kappa shape index (κ1) is 13.5. The highest BCUT2D eigenvalue weighted by Crippen LogP contribution is 2.32. The third-order valence-corrected chi connectivity index (χ3v) is 2.42. The first-order valence-electron chi connectivity index (χ1n) is 4.20. The van der Waals surface area contributed by atoms with E-state index in [9.17, 15) is 0 Å². The Morgan fingerprint density at radius 1 is 1.43 bits per heavy atom. The summed E-state index contributed by atoms with van der Waals surface area (Å²) < 4.78 is 0. The van der Waals surface area contributed by atoms with E-state index in [-0.39, 0.29) is 30.9 Å². The smallest absolute Gasteiger partial charge is 0.127 e. The van der Waals surface area contributed by atoms with E-state index < -0.39 is 0 Å². The summed E-state index contributed by atoms with van der Waals surface area (Å²) in [6, 6.07) is 2.22. The van der Waals surface area contributed by atoms with Gasteiger partial charge in [0.1, 0.15) is 5.82 Å². The molecule has 0 bridgehead atoms. The molecule has 0 fully saturated rings. The summed E-state index contributed by atoms with van der Waals surface area (Å²) >= 11 is 0. The number of hydrogen-bond donors (Lipinski definition) is 2. The van der Waals surface area contributed by atoms with Crippen molar-refractivity contribution in [1.82, 2.24) is 4.98 Å². The lowest BCUT2D eigenvalue weighted by atomic mass is 10.1. The minimum atomic E-state index is 0. The van der Waals surface area contributed by atoms with Crippen molar-refractivity contribution >= 4 is 30.6 Å². The predicted octanol–water partition coefficient (Wildman–Crippen LogP) is 1.76. The summed E-state index contributed by atoms with van der Waals surface area (Å²) in [4.78, 5) is 4.20. The van der Waals surface area contributed by atoms with Crippen LogP contribution in [0, 0.1) is 6.92 Å². The zero-order chi connectivity index (χ0) is 8.72. The van der Waals surface area contributed by atoms with Crippen LogP contribution in [0.2, 0.25) is 0 Å². The Hall–Kier alpha value is -0.510. The number of aromatic nitrogens is 1. The Bertz CT molecular complexity index is 328. The molecule has 0 saturated carbocycles. The van der Waals surface area contributed by atoms with Crippen LogP contribution in [0.25, 0.3) is 0 Å². The highest BCUT2D eigenvalue weighted by molar-refractivity contribution is 5.85. The Kier molecular flexibility index (Phi) is 4.65. The van der Waals surface area contributed by atoms with Crippen LogP contribution in [0.4, 0.5) is 5.82 Å². The van der Waals surface area contributed by atoms with Gasteiger partial charge in [0.15, 0.2) is 0 Å². The number of halogens is 2. The van der Waals surface area contributed by atoms with Crippen molar-refractivity contribution in [1.29, 1.82) is 0 Å². The summed E-state index contributed by atoms with van der Waals surface area (Å²) in [5.41, 5.74) is 15.0. The molecule has 1 heterocycles. The molecule has 4 N–H and O–H groups in total. The van der Waals surface area contributed by atoms with E-state index in [0.717, 1.165) is 24.1 Å². The lowest BCUT2D eigenvalue weighted by Crippen LogP contribution is -2.07. The van der Waals surface area contributed by atoms with Gasteiger partial charge in [-0.3, -0.25) is 0 Å². The van der Waals surface area contributed by atoms with E-state index in [4.69, 9.17) is 11.5 Å². The molecule has 0 spiro atoms. The summed E-state index contributed by atoms with van der Waals surface area (Å²) in [5.74, 6) is 0.665. The van der Waals surface area contributed by atoms with Crippen LogP contribution < -0.4 is 11.5 Å². The van der Waals surface area contributed by atoms with Gasteiger partial charge in [-0.25, -0.2) is 4.98 Å². The van der Waals surface area contributed by atoms with Gasteiger partial charge < -0.3 is 11.5 Å². The van der Waals surface area contributed by atoms with Crippen molar-refractivity contribution in [3.8, 4) is 0 Å². The highest BCUT2D eigenvalue weighted by atomic mass is 35.5. The van der Waals surface area contributed by atoms with Crippen molar-refractivity contribution in [3.05, 3.63) is 22.9 Å². The number of anilines is 1. The van der Waals surface area contributed by atoms with Gasteiger partial charge in [0, 0.05) is 11.7 Å². The minimum absolute atomic E-state index is 0. The zero-order valence-corrected chi connectivity index (χ0v) is 9.62. The summed E-state index contributed by atoms with van der Waals surface area (Å²) in [6.07, 6.45) is 1.99. The molecule has 1 atom stereocenters. The topological polar surface area (TPSA) is 64.9 Å². The predicted molar refractivity (Wildman–Crippen MR) is 63.1 cm³/mol. The van der Waals surface area contributed by atoms with E-state index in [1.807, 2.05) is 13.0 Å². The van der Waals surface area contributed by atoms with Crippen molar-refractivity contribution in [3.63, 3.8) is 0 Å². The number of pyridine rings is 1. The molecule has 0 amide bonds. The molecule has 14 heavy (non-hydrogen) atoms. The fourth-order valence-electron chi connectivity index (χ4n) is 1.81. The third kappa shape index (κ3) is 2.11. The first-order chi connectivity index (χ1) is 5.68. The molecule has 1 aromatic heterocycles. The molecule has 2 rings (SSSR count). The van der Waals surface area contributed by atoms with Crippen molar-refractivity contribution < 1.29 is 0 Å². The molecule has 1 aliphatic rings. The van der Waals surface area contributed by atoms with Gasteiger partial charge in [0.25, 0.3) is 0 Å². The lowest BCUT2D eigenvalue weighted by Gasteiger charge is -2.06. The SMILES string of the molecule is Cc1cc2c(c(N)n1)CC[C@H]2N.Cl.Cl. The maximum absolute atomic E-state index is 5.90. The zero-order valence-electron chi connectivity index (χ0n) is 7.99. The molecule has 0 aliphatic heterocycles. The number of aryl methyl sites for hydroxylation is 1. The number of nitrogens with two attached hydrogens (primary N) is 2. The van der Waals surface area contributed by atoms with Crippen LogP contribution in [-0.2, 0) is 6.42 Å². The van der Waals surface area contributed by atoms with Crippen LogP contribution in [0.3, 0.4) is 0 Å². The molecule has 0 saturated heterocycles. The van der Waals surface area contributed by atoms with E-state index in [0.29, 0.717) is 5.82 Å². The molecule has 80 valence electrons. The second kappa shape index (κ2) is 4.82. The van der Waals surface area contributed by atoms with Crippen molar-refractivity contribution in [2.45, 2.75) is 25.8 Å². The quantitative estimate of drug-likeness (QED) is 0.721. The highest BCUT2D eigenvalue weighted by Gasteiger charge is 2.21. The van der Waals surface area contributed by atoms with E-state index >= 15 is 0 Å². The van der Waals surface area contributed by atoms with Crippen LogP contribution in [0.1, 0.15) is 29.3 Å². The summed E-state index contributed by atoms with van der Waals surface area (Å²) in [7, 11) is 0. The van der Waals surface area contributed by atoms with Crippen LogP contribution in [-0.4, -0.2) is 4.98 Å². The second-order valence-electron chi connectivity index (χ2n) is 3.36. The summed E-state index contributed by atoms with van der Waals surface area (Å²) in [6.45, 7) is 1.95. The molecule has 1 aliphatic carbocycles. The van der Waals surface area contributed by atoms with Crippen molar-refractivity contribution in [2.75, 3.05) is 5.73 Å². The maximum atomic E-state index is 5.90. The van der Waals surface area contributed by atoms with Crippen LogP contribution in [0.5, 0.6) is 0 Å². The van der Waals surface area contributed by atoms with Gasteiger partial charge in [0.05, 0.1) is 0 Å². The Labute approximate surface area is 96.1 Å². The van der Waals surface area contributed by atoms with E-state index in [2.05, 4.69) is 4.98 Å². The molecule has 1 aromatic rings. The Balaban J connectivity index is 0.000000845. The van der Waals surface area contributed by atoms with Gasteiger partial charge in [-0.2, -0.15) is 0 Å². The fourth-order valence-corrected chi connectivity index (χ4v) is 1.81. The number of fused-ring (bicyclic) bond motifs is 1. The molecule has 3 nitrogen and oxygen atoms in total. The number of nitrogen functional groups attached to an aromatic ring is 1. The van der Waals surface area contributed by atoms with Crippen LogP contribution in [0.15, 0.2) is 6.07 Å². The van der Waals surface area contributed by atoms with E-state index in [1.165, 1.54) is 5.56 Å². The first-order valence-corrected chi connectivity index (χ1v) is 4.20. The monoisotopic (exact) mass is 235 g/mol. The Morgan fingerprint density at radius 2 is 2.07 bits per heavy atom. The molecule has 0 unspecified atom stereocenters. The van der Waals surface area contributed by atoms with E-state index in [1.54, 1.807) is 0 Å². The molecule has 0 radical (unpaired) electrons. The normalized spacial score (nSPS) is 18.0. The molecule has 5 heteroatoms. The third-order valence-electron chi connectivity index (χ3n) is 2.42. The number of rotatable bonds is 0. The number of nitrogens with zero attached hydrogens (tertiary/aromatic N) is 1. The fraction of sp³-hybridized carbons (Fsp3) is 0.444. The largest absolute Gasteiger partial charge is 0.383 e. The Morgan fingerprint density at radius 3 is 2.71 bits per heavy atom. The van der Waals surface area contributed by atoms with Gasteiger partial charge in [-0.1, -0.05) is 0 Å². The molecular formula is C9H15Cl2N3. The van der Waals surface area contributed by atoms with Gasteiger partial charge in [0.2, 0.25) is 0 Å². The van der Waals surface area contributed by atoms with Gasteiger partial charge in [-0.05, 0) is 37.0 Å². The van der Waals surface area contributed by atoms with Crippen molar-refractivity contribution in [2.24, 2.45) is 5.73 Å². The van der Waals surface area contributed by atoms with Crippen LogP contribution >= 0.6 is 24.8 Å². The standard InChI is InChI=1S/C9H13N3.2ClH/c1-5-4-7-6(9(11)12-5)2-3-8(7)10;;/h4,8H,2-3,10H2,1H3,(H2,11,12);2*1H/t8-;;/m1../s1. The maximum Gasteiger partial charge on any atom is 0.127 e. The second-order valence-corrected chi connectivity index (χ2v) is 3.36.